The summed E-state index contributed by atoms with van der Waals surface area (Å²) >= 11 is 0. The van der Waals surface area contributed by atoms with Crippen molar-refractivity contribution in [3.63, 3.8) is 0 Å². The Kier molecular flexibility index (Phi) is 5.40. The first kappa shape index (κ1) is 12.2. The van der Waals surface area contributed by atoms with Gasteiger partial charge in [-0.15, -0.1) is 0 Å². The third-order valence-electron chi connectivity index (χ3n) is 1.03. The van der Waals surface area contributed by atoms with Crippen molar-refractivity contribution in [3.05, 3.63) is 0 Å². The zero-order valence-corrected chi connectivity index (χ0v) is 6.89. The van der Waals surface area contributed by atoms with Crippen LogP contribution in [0.15, 0.2) is 0 Å². The van der Waals surface area contributed by atoms with E-state index >= 15 is 0 Å². The highest BCUT2D eigenvalue weighted by molar-refractivity contribution is 5.75. The Morgan fingerprint density at radius 2 is 2.00 bits per heavy atom. The highest BCUT2D eigenvalue weighted by atomic mass is 19.2. The van der Waals surface area contributed by atoms with Gasteiger partial charge in [0.2, 0.25) is 0 Å². The van der Waals surface area contributed by atoms with Gasteiger partial charge in [0.15, 0.2) is 6.86 Å². The van der Waals surface area contributed by atoms with Crippen LogP contribution in [0.25, 0.3) is 0 Å². The van der Waals surface area contributed by atoms with Gasteiger partial charge in [-0.1, -0.05) is 0 Å². The van der Waals surface area contributed by atoms with E-state index in [1.165, 1.54) is 0 Å². The van der Waals surface area contributed by atoms with Gasteiger partial charge < -0.3 is 9.47 Å². The lowest BCUT2D eigenvalue weighted by Crippen LogP contribution is -2.41. The van der Waals surface area contributed by atoms with Crippen LogP contribution in [0.1, 0.15) is 0 Å². The summed E-state index contributed by atoms with van der Waals surface area (Å²) in [5, 5.41) is 0. The summed E-state index contributed by atoms with van der Waals surface area (Å²) in [6, 6.07) is -3.37. The molecule has 13 heavy (non-hydrogen) atoms. The third-order valence-corrected chi connectivity index (χ3v) is 1.03. The first-order chi connectivity index (χ1) is 6.10. The molecule has 0 aliphatic carbocycles. The molecule has 4 nitrogen and oxygen atoms in total. The van der Waals surface area contributed by atoms with Crippen LogP contribution in [0.2, 0.25) is 0 Å². The molecule has 0 saturated heterocycles. The number of halogens is 3. The molecule has 0 radical (unpaired) electrons. The van der Waals surface area contributed by atoms with Gasteiger partial charge in [-0.3, -0.25) is 4.74 Å². The highest BCUT2D eigenvalue weighted by Gasteiger charge is 2.43. The van der Waals surface area contributed by atoms with Crippen LogP contribution >= 0.6 is 0 Å². The monoisotopic (exact) mass is 202 g/mol. The largest absolute Gasteiger partial charge is 0.463 e. The van der Waals surface area contributed by atoms with E-state index < -0.39 is 32.2 Å². The van der Waals surface area contributed by atoms with Crippen molar-refractivity contribution in [2.24, 2.45) is 0 Å². The molecule has 0 aromatic rings. The van der Waals surface area contributed by atoms with Gasteiger partial charge in [-0.25, -0.2) is 13.6 Å². The minimum Gasteiger partial charge on any atom is -0.463 e. The highest BCUT2D eigenvalue weighted by Crippen LogP contribution is 2.17. The fourth-order valence-electron chi connectivity index (χ4n) is 0.521. The van der Waals surface area contributed by atoms with Crippen LogP contribution in [0, 0.1) is 0 Å². The molecule has 0 aliphatic heterocycles. The summed E-state index contributed by atoms with van der Waals surface area (Å²) in [7, 11) is 0.858. The fraction of sp³-hybridized carbons (Fsp3) is 0.833. The Hall–Kier alpha value is -0.820. The van der Waals surface area contributed by atoms with E-state index in [0.29, 0.717) is 0 Å². The van der Waals surface area contributed by atoms with Crippen LogP contribution in [-0.4, -0.2) is 39.3 Å². The first-order valence-electron chi connectivity index (χ1n) is 3.28. The van der Waals surface area contributed by atoms with Gasteiger partial charge in [0.05, 0.1) is 13.7 Å². The average molecular weight is 202 g/mol. The van der Waals surface area contributed by atoms with Gasteiger partial charge in [0.1, 0.15) is 6.67 Å². The zero-order valence-electron chi connectivity index (χ0n) is 6.89. The van der Waals surface area contributed by atoms with Crippen LogP contribution in [0.3, 0.4) is 0 Å². The molecule has 1 unspecified atom stereocenters. The quantitative estimate of drug-likeness (QED) is 0.470. The summed E-state index contributed by atoms with van der Waals surface area (Å²) < 4.78 is 47.7. The minimum atomic E-state index is -3.37. The third kappa shape index (κ3) is 3.60. The molecule has 0 saturated carbocycles. The van der Waals surface area contributed by atoms with Crippen molar-refractivity contribution in [1.29, 1.82) is 0 Å². The Labute approximate surface area is 72.6 Å². The smallest absolute Gasteiger partial charge is 0.424 e. The number of alkyl halides is 3. The normalized spacial score (nSPS) is 15.1. The number of carbonyl (C=O) groups excluding carboxylic acids is 1. The van der Waals surface area contributed by atoms with Crippen molar-refractivity contribution < 1.29 is 32.2 Å². The van der Waals surface area contributed by atoms with E-state index in [-0.39, 0.29) is 0 Å². The van der Waals surface area contributed by atoms with Crippen molar-refractivity contribution in [3.8, 4) is 0 Å². The first-order valence-corrected chi connectivity index (χ1v) is 3.28. The van der Waals surface area contributed by atoms with Crippen LogP contribution in [0.4, 0.5) is 13.2 Å². The number of hydrogen-bond donors (Lipinski definition) is 0. The Bertz CT molecular complexity index is 166. The number of esters is 1. The van der Waals surface area contributed by atoms with Gasteiger partial charge in [-0.2, -0.15) is 4.39 Å². The number of methoxy groups -OCH3 is 1. The second-order valence-corrected chi connectivity index (χ2v) is 1.82. The van der Waals surface area contributed by atoms with E-state index in [2.05, 4.69) is 14.2 Å². The van der Waals surface area contributed by atoms with E-state index in [0.717, 1.165) is 7.11 Å². The lowest BCUT2D eigenvalue weighted by atomic mass is 10.6. The maximum atomic E-state index is 13.0. The molecule has 0 N–H and O–H groups in total. The Morgan fingerprint density at radius 1 is 1.38 bits per heavy atom. The average Bonchev–Trinajstić information content (AvgIpc) is 2.14. The predicted octanol–water partition coefficient (Wildman–Crippen LogP) is 0.712. The van der Waals surface area contributed by atoms with Gasteiger partial charge in [-0.05, 0) is 0 Å². The maximum absolute atomic E-state index is 13.0. The molecular weight excluding hydrogens is 193 g/mol. The maximum Gasteiger partial charge on any atom is 0.424 e. The van der Waals surface area contributed by atoms with Gasteiger partial charge in [0, 0.05) is 0 Å². The Morgan fingerprint density at radius 3 is 2.38 bits per heavy atom. The zero-order chi connectivity index (χ0) is 10.3. The minimum absolute atomic E-state index is 0.731. The van der Waals surface area contributed by atoms with Crippen LogP contribution < -0.4 is 0 Å². The van der Waals surface area contributed by atoms with E-state index in [1.807, 2.05) is 0 Å². The van der Waals surface area contributed by atoms with E-state index in [4.69, 9.17) is 0 Å². The summed E-state index contributed by atoms with van der Waals surface area (Å²) in [5.41, 5.74) is 0. The van der Waals surface area contributed by atoms with Gasteiger partial charge in [0.25, 0.3) is 0 Å². The van der Waals surface area contributed by atoms with Crippen LogP contribution in [0.5, 0.6) is 0 Å². The molecule has 0 aromatic heterocycles. The molecule has 0 spiro atoms. The summed E-state index contributed by atoms with van der Waals surface area (Å²) in [6.45, 7) is -3.35. The second-order valence-electron chi connectivity index (χ2n) is 1.82. The fourth-order valence-corrected chi connectivity index (χ4v) is 0.521. The molecule has 1 atom stereocenters. The summed E-state index contributed by atoms with van der Waals surface area (Å²) in [6.07, 6.45) is 0. The molecule has 0 aliphatic rings. The molecule has 0 rings (SSSR count). The topological polar surface area (TPSA) is 44.8 Å². The van der Waals surface area contributed by atoms with E-state index in [1.54, 1.807) is 0 Å². The lowest BCUT2D eigenvalue weighted by molar-refractivity contribution is -0.317. The molecular formula is C6H9F3O4. The number of carbonyl (C=O) groups is 1. The van der Waals surface area contributed by atoms with Crippen LogP contribution in [-0.2, 0) is 19.0 Å². The second kappa shape index (κ2) is 5.76. The molecule has 0 fully saturated rings. The molecule has 0 aromatic carbocycles. The number of rotatable bonds is 6. The summed E-state index contributed by atoms with van der Waals surface area (Å²) in [5.74, 6) is -1.57. The SMILES string of the molecule is COC(=O)C(F)(OCF)OCCF. The van der Waals surface area contributed by atoms with Crippen molar-refractivity contribution in [1.82, 2.24) is 0 Å². The number of hydrogen-bond acceptors (Lipinski definition) is 4. The Balaban J connectivity index is 4.23. The molecule has 0 bridgehead atoms. The molecule has 78 valence electrons. The van der Waals surface area contributed by atoms with Crippen molar-refractivity contribution in [2.45, 2.75) is 6.04 Å². The predicted molar refractivity (Wildman–Crippen MR) is 34.8 cm³/mol. The lowest BCUT2D eigenvalue weighted by Gasteiger charge is -2.19. The number of ether oxygens (including phenoxy) is 3. The molecule has 0 amide bonds. The van der Waals surface area contributed by atoms with Crippen molar-refractivity contribution in [2.75, 3.05) is 27.3 Å². The standard InChI is InChI=1S/C6H9F3O4/c1-11-5(10)6(9,13-4-8)12-3-2-7/h2-4H2,1H3. The van der Waals surface area contributed by atoms with Gasteiger partial charge >= 0.3 is 12.0 Å². The molecule has 0 heterocycles. The molecule has 7 heteroatoms. The van der Waals surface area contributed by atoms with Crippen molar-refractivity contribution >= 4 is 5.97 Å². The summed E-state index contributed by atoms with van der Waals surface area (Å²) in [4.78, 5) is 10.6. The van der Waals surface area contributed by atoms with E-state index in [9.17, 15) is 18.0 Å².